The second kappa shape index (κ2) is 9.11. The second-order valence-electron chi connectivity index (χ2n) is 5.79. The predicted molar refractivity (Wildman–Crippen MR) is 101 cm³/mol. The van der Waals surface area contributed by atoms with Gasteiger partial charge in [0, 0.05) is 11.3 Å². The molecule has 148 valence electrons. The molecular formula is C18H19N3O6S. The highest BCUT2D eigenvalue weighted by Gasteiger charge is 2.19. The summed E-state index contributed by atoms with van der Waals surface area (Å²) in [5.41, 5.74) is 0.696. The molecule has 0 aliphatic heterocycles. The molecule has 2 rings (SSSR count). The van der Waals surface area contributed by atoms with E-state index in [1.165, 1.54) is 31.2 Å². The van der Waals surface area contributed by atoms with Crippen LogP contribution in [0.1, 0.15) is 17.3 Å². The average Bonchev–Trinajstić information content (AvgIpc) is 2.66. The molecule has 0 bridgehead atoms. The molecule has 0 aromatic heterocycles. The summed E-state index contributed by atoms with van der Waals surface area (Å²) in [6, 6.07) is 12.6. The smallest absolute Gasteiger partial charge is 0.328 e. The minimum Gasteiger partial charge on any atom is -0.454 e. The number of amides is 2. The maximum atomic E-state index is 12.0. The van der Waals surface area contributed by atoms with E-state index in [4.69, 9.17) is 9.88 Å². The quantitative estimate of drug-likeness (QED) is 0.576. The van der Waals surface area contributed by atoms with Crippen molar-refractivity contribution in [1.82, 2.24) is 5.32 Å². The first-order chi connectivity index (χ1) is 13.2. The maximum absolute atomic E-state index is 12.0. The van der Waals surface area contributed by atoms with E-state index in [2.05, 4.69) is 10.6 Å². The Morgan fingerprint density at radius 1 is 1.04 bits per heavy atom. The number of anilines is 1. The number of ether oxygens (including phenoxy) is 1. The zero-order chi connectivity index (χ0) is 20.7. The number of primary sulfonamides is 1. The molecule has 9 nitrogen and oxygen atoms in total. The number of benzene rings is 2. The Morgan fingerprint density at radius 3 is 2.21 bits per heavy atom. The van der Waals surface area contributed by atoms with Gasteiger partial charge in [-0.05, 0) is 43.3 Å². The summed E-state index contributed by atoms with van der Waals surface area (Å²) in [7, 11) is -3.83. The Kier molecular flexibility index (Phi) is 6.85. The van der Waals surface area contributed by atoms with Gasteiger partial charge in [-0.3, -0.25) is 9.59 Å². The van der Waals surface area contributed by atoms with E-state index >= 15 is 0 Å². The third-order valence-corrected chi connectivity index (χ3v) is 4.48. The number of sulfonamides is 1. The summed E-state index contributed by atoms with van der Waals surface area (Å²) >= 11 is 0. The molecule has 4 N–H and O–H groups in total. The van der Waals surface area contributed by atoms with Crippen molar-refractivity contribution in [2.75, 3.05) is 11.9 Å². The van der Waals surface area contributed by atoms with Crippen molar-refractivity contribution in [1.29, 1.82) is 0 Å². The number of rotatable bonds is 7. The standard InChI is InChI=1S/C18H19N3O6S/c1-12(20-17(23)13-5-3-2-4-6-13)18(24)27-11-16(22)21-14-7-9-15(10-8-14)28(19,25)26/h2-10,12H,11H2,1H3,(H,20,23)(H,21,22)(H2,19,25,26)/t12-/m0/s1. The van der Waals surface area contributed by atoms with Crippen molar-refractivity contribution in [3.8, 4) is 0 Å². The lowest BCUT2D eigenvalue weighted by atomic mass is 10.2. The maximum Gasteiger partial charge on any atom is 0.328 e. The third-order valence-electron chi connectivity index (χ3n) is 3.55. The molecule has 0 aliphatic rings. The number of carbonyl (C=O) groups is 3. The topological polar surface area (TPSA) is 145 Å². The molecule has 0 spiro atoms. The van der Waals surface area contributed by atoms with Crippen molar-refractivity contribution < 1.29 is 27.5 Å². The first kappa shape index (κ1) is 21.1. The zero-order valence-electron chi connectivity index (χ0n) is 14.9. The highest BCUT2D eigenvalue weighted by molar-refractivity contribution is 7.89. The minimum absolute atomic E-state index is 0.0973. The Bertz CT molecular complexity index is 959. The molecular weight excluding hydrogens is 386 g/mol. The van der Waals surface area contributed by atoms with E-state index in [1.807, 2.05) is 0 Å². The summed E-state index contributed by atoms with van der Waals surface area (Å²) < 4.78 is 27.2. The number of hydrogen-bond acceptors (Lipinski definition) is 6. The molecule has 1 atom stereocenters. The largest absolute Gasteiger partial charge is 0.454 e. The predicted octanol–water partition coefficient (Wildman–Crippen LogP) is 0.634. The number of esters is 1. The van der Waals surface area contributed by atoms with Gasteiger partial charge in [0.05, 0.1) is 4.90 Å². The molecule has 2 amide bonds. The molecule has 0 saturated heterocycles. The van der Waals surface area contributed by atoms with Crippen LogP contribution in [0.3, 0.4) is 0 Å². The lowest BCUT2D eigenvalue weighted by Gasteiger charge is -2.13. The summed E-state index contributed by atoms with van der Waals surface area (Å²) in [4.78, 5) is 35.7. The average molecular weight is 405 g/mol. The van der Waals surface area contributed by atoms with Crippen LogP contribution in [0.5, 0.6) is 0 Å². The summed E-state index contributed by atoms with van der Waals surface area (Å²) in [6.07, 6.45) is 0. The van der Waals surface area contributed by atoms with Crippen molar-refractivity contribution in [2.45, 2.75) is 17.9 Å². The van der Waals surface area contributed by atoms with Gasteiger partial charge in [0.15, 0.2) is 6.61 Å². The third kappa shape index (κ3) is 6.18. The number of nitrogens with two attached hydrogens (primary N) is 1. The van der Waals surface area contributed by atoms with Crippen LogP contribution < -0.4 is 15.8 Å². The fourth-order valence-electron chi connectivity index (χ4n) is 2.12. The van der Waals surface area contributed by atoms with Crippen molar-refractivity contribution in [2.24, 2.45) is 5.14 Å². The highest BCUT2D eigenvalue weighted by atomic mass is 32.2. The van der Waals surface area contributed by atoms with Gasteiger partial charge in [0.1, 0.15) is 6.04 Å². The fourth-order valence-corrected chi connectivity index (χ4v) is 2.63. The summed E-state index contributed by atoms with van der Waals surface area (Å²) in [5, 5.41) is 9.90. The molecule has 28 heavy (non-hydrogen) atoms. The van der Waals surface area contributed by atoms with Gasteiger partial charge in [-0.2, -0.15) is 0 Å². The van der Waals surface area contributed by atoms with Gasteiger partial charge in [0.2, 0.25) is 10.0 Å². The number of carbonyl (C=O) groups excluding carboxylic acids is 3. The lowest BCUT2D eigenvalue weighted by molar-refractivity contribution is -0.148. The molecule has 0 unspecified atom stereocenters. The van der Waals surface area contributed by atoms with Crippen LogP contribution in [0.4, 0.5) is 5.69 Å². The van der Waals surface area contributed by atoms with Gasteiger partial charge in [0.25, 0.3) is 11.8 Å². The Balaban J connectivity index is 1.81. The first-order valence-corrected chi connectivity index (χ1v) is 9.66. The monoisotopic (exact) mass is 405 g/mol. The SMILES string of the molecule is C[C@H](NC(=O)c1ccccc1)C(=O)OCC(=O)Nc1ccc(S(N)(=O)=O)cc1. The van der Waals surface area contributed by atoms with Crippen LogP contribution in [0, 0.1) is 0 Å². The molecule has 0 saturated carbocycles. The van der Waals surface area contributed by atoms with Crippen LogP contribution in [-0.4, -0.2) is 38.9 Å². The molecule has 2 aromatic carbocycles. The molecule has 0 heterocycles. The van der Waals surface area contributed by atoms with Gasteiger partial charge in [-0.15, -0.1) is 0 Å². The lowest BCUT2D eigenvalue weighted by Crippen LogP contribution is -2.40. The summed E-state index contributed by atoms with van der Waals surface area (Å²) in [5.74, 6) is -1.84. The Hall–Kier alpha value is -3.24. The number of hydrogen-bond donors (Lipinski definition) is 3. The van der Waals surface area contributed by atoms with Gasteiger partial charge >= 0.3 is 5.97 Å². The molecule has 0 radical (unpaired) electrons. The van der Waals surface area contributed by atoms with Crippen LogP contribution in [-0.2, 0) is 24.3 Å². The van der Waals surface area contributed by atoms with E-state index in [0.29, 0.717) is 11.3 Å². The van der Waals surface area contributed by atoms with Crippen LogP contribution >= 0.6 is 0 Å². The minimum atomic E-state index is -3.83. The van der Waals surface area contributed by atoms with E-state index in [-0.39, 0.29) is 4.90 Å². The molecule has 2 aromatic rings. The van der Waals surface area contributed by atoms with Crippen molar-refractivity contribution in [3.63, 3.8) is 0 Å². The van der Waals surface area contributed by atoms with Gasteiger partial charge < -0.3 is 15.4 Å². The zero-order valence-corrected chi connectivity index (χ0v) is 15.7. The van der Waals surface area contributed by atoms with Crippen LogP contribution in [0.15, 0.2) is 59.5 Å². The fraction of sp³-hybridized carbons (Fsp3) is 0.167. The van der Waals surface area contributed by atoms with E-state index in [1.54, 1.807) is 30.3 Å². The normalized spacial score (nSPS) is 11.9. The van der Waals surface area contributed by atoms with E-state index in [9.17, 15) is 22.8 Å². The van der Waals surface area contributed by atoms with E-state index < -0.39 is 40.5 Å². The summed E-state index contributed by atoms with van der Waals surface area (Å²) in [6.45, 7) is 0.869. The highest BCUT2D eigenvalue weighted by Crippen LogP contribution is 2.12. The van der Waals surface area contributed by atoms with Crippen molar-refractivity contribution >= 4 is 33.5 Å². The van der Waals surface area contributed by atoms with Crippen LogP contribution in [0.25, 0.3) is 0 Å². The van der Waals surface area contributed by atoms with E-state index in [0.717, 1.165) is 0 Å². The first-order valence-electron chi connectivity index (χ1n) is 8.12. The number of nitrogens with one attached hydrogen (secondary N) is 2. The van der Waals surface area contributed by atoms with Crippen LogP contribution in [0.2, 0.25) is 0 Å². The molecule has 0 fully saturated rings. The Labute approximate surface area is 161 Å². The van der Waals surface area contributed by atoms with Gasteiger partial charge in [-0.25, -0.2) is 18.4 Å². The molecule has 0 aliphatic carbocycles. The van der Waals surface area contributed by atoms with Crippen molar-refractivity contribution in [3.05, 3.63) is 60.2 Å². The Morgan fingerprint density at radius 2 is 1.64 bits per heavy atom. The van der Waals surface area contributed by atoms with Gasteiger partial charge in [-0.1, -0.05) is 18.2 Å². The molecule has 10 heteroatoms. The second-order valence-corrected chi connectivity index (χ2v) is 7.35.